The Hall–Kier alpha value is -1.89. The van der Waals surface area contributed by atoms with Crippen molar-refractivity contribution in [1.29, 1.82) is 0 Å². The molecule has 0 bridgehead atoms. The summed E-state index contributed by atoms with van der Waals surface area (Å²) in [7, 11) is 0. The summed E-state index contributed by atoms with van der Waals surface area (Å²) in [6.07, 6.45) is 3.71. The third kappa shape index (κ3) is 3.74. The van der Waals surface area contributed by atoms with E-state index in [1.807, 2.05) is 34.7 Å². The summed E-state index contributed by atoms with van der Waals surface area (Å²) in [5.74, 6) is 0.352. The molecule has 3 heterocycles. The lowest BCUT2D eigenvalue weighted by atomic mass is 9.91. The second-order valence-electron chi connectivity index (χ2n) is 7.22. The Morgan fingerprint density at radius 2 is 2.00 bits per heavy atom. The minimum atomic E-state index is 0.0521. The van der Waals surface area contributed by atoms with Gasteiger partial charge in [0.05, 0.1) is 36.4 Å². The molecule has 1 aromatic heterocycles. The molecule has 1 aromatic carbocycles. The number of halogens is 1. The van der Waals surface area contributed by atoms with E-state index in [4.69, 9.17) is 16.3 Å². The molecule has 2 aliphatic heterocycles. The van der Waals surface area contributed by atoms with E-state index in [9.17, 15) is 4.79 Å². The van der Waals surface area contributed by atoms with Crippen molar-refractivity contribution >= 4 is 17.5 Å². The van der Waals surface area contributed by atoms with Gasteiger partial charge in [0.2, 0.25) is 0 Å². The van der Waals surface area contributed by atoms with E-state index in [2.05, 4.69) is 10.4 Å². The molecular formula is C20H25ClN4O2. The van der Waals surface area contributed by atoms with Gasteiger partial charge in [-0.2, -0.15) is 5.10 Å². The van der Waals surface area contributed by atoms with E-state index in [0.29, 0.717) is 42.8 Å². The minimum absolute atomic E-state index is 0.0521. The van der Waals surface area contributed by atoms with Crippen molar-refractivity contribution in [2.75, 3.05) is 39.4 Å². The number of ether oxygens (including phenoxy) is 1. The maximum Gasteiger partial charge on any atom is 0.257 e. The van der Waals surface area contributed by atoms with Crippen molar-refractivity contribution in [2.45, 2.75) is 25.7 Å². The number of nitrogens with one attached hydrogen (secondary N) is 1. The quantitative estimate of drug-likeness (QED) is 0.878. The molecule has 0 atom stereocenters. The molecular weight excluding hydrogens is 364 g/mol. The normalized spacial score (nSPS) is 18.7. The predicted molar refractivity (Wildman–Crippen MR) is 105 cm³/mol. The van der Waals surface area contributed by atoms with E-state index in [-0.39, 0.29) is 5.91 Å². The fourth-order valence-electron chi connectivity index (χ4n) is 3.87. The molecule has 27 heavy (non-hydrogen) atoms. The lowest BCUT2D eigenvalue weighted by Crippen LogP contribution is -2.41. The van der Waals surface area contributed by atoms with Crippen LogP contribution in [-0.4, -0.2) is 60.0 Å². The molecule has 1 N–H and O–H groups in total. The van der Waals surface area contributed by atoms with Crippen molar-refractivity contribution in [3.8, 4) is 5.69 Å². The molecule has 0 radical (unpaired) electrons. The molecule has 144 valence electrons. The molecule has 0 unspecified atom stereocenters. The number of hydrogen-bond donors (Lipinski definition) is 1. The van der Waals surface area contributed by atoms with E-state index in [1.54, 1.807) is 6.20 Å². The van der Waals surface area contributed by atoms with Crippen molar-refractivity contribution in [1.82, 2.24) is 20.0 Å². The first-order valence-corrected chi connectivity index (χ1v) is 9.95. The zero-order valence-electron chi connectivity index (χ0n) is 15.6. The first-order valence-electron chi connectivity index (χ1n) is 9.57. The summed E-state index contributed by atoms with van der Waals surface area (Å²) in [6.45, 7) is 6.34. The number of carbonyl (C=O) groups is 1. The average Bonchev–Trinajstić information content (AvgIpc) is 3.16. The number of nitrogens with zero attached hydrogens (tertiary/aromatic N) is 3. The van der Waals surface area contributed by atoms with Crippen LogP contribution in [0.3, 0.4) is 0 Å². The van der Waals surface area contributed by atoms with E-state index >= 15 is 0 Å². The van der Waals surface area contributed by atoms with Crippen molar-refractivity contribution in [3.05, 3.63) is 46.2 Å². The van der Waals surface area contributed by atoms with Crippen LogP contribution in [0.15, 0.2) is 24.4 Å². The third-order valence-corrected chi connectivity index (χ3v) is 5.87. The van der Waals surface area contributed by atoms with Gasteiger partial charge < -0.3 is 15.0 Å². The van der Waals surface area contributed by atoms with Gasteiger partial charge >= 0.3 is 0 Å². The topological polar surface area (TPSA) is 59.4 Å². The average molecular weight is 389 g/mol. The van der Waals surface area contributed by atoms with Gasteiger partial charge in [-0.05, 0) is 50.6 Å². The highest BCUT2D eigenvalue weighted by Gasteiger charge is 2.30. The summed E-state index contributed by atoms with van der Waals surface area (Å²) in [5.41, 5.74) is 3.65. The number of piperidine rings is 1. The van der Waals surface area contributed by atoms with E-state index in [1.165, 1.54) is 0 Å². The van der Waals surface area contributed by atoms with Crippen LogP contribution in [0.2, 0.25) is 5.02 Å². The SMILES string of the molecule is Cc1ccc(-n2ncc(C(=O)N3CCOCC3)c2C2CCNCC2)cc1Cl. The zero-order valence-corrected chi connectivity index (χ0v) is 16.3. The van der Waals surface area contributed by atoms with Gasteiger partial charge in [-0.1, -0.05) is 17.7 Å². The van der Waals surface area contributed by atoms with Gasteiger partial charge in [-0.15, -0.1) is 0 Å². The fourth-order valence-corrected chi connectivity index (χ4v) is 4.04. The number of benzene rings is 1. The van der Waals surface area contributed by atoms with Crippen LogP contribution in [0.1, 0.15) is 40.4 Å². The first kappa shape index (κ1) is 18.5. The van der Waals surface area contributed by atoms with Crippen LogP contribution < -0.4 is 5.32 Å². The highest BCUT2D eigenvalue weighted by Crippen LogP contribution is 2.32. The lowest BCUT2D eigenvalue weighted by molar-refractivity contribution is 0.0301. The van der Waals surface area contributed by atoms with Gasteiger partial charge in [-0.25, -0.2) is 4.68 Å². The molecule has 0 aliphatic carbocycles. The van der Waals surface area contributed by atoms with Crippen LogP contribution in [-0.2, 0) is 4.74 Å². The zero-order chi connectivity index (χ0) is 18.8. The largest absolute Gasteiger partial charge is 0.378 e. The number of morpholine rings is 1. The molecule has 2 aliphatic rings. The van der Waals surface area contributed by atoms with Gasteiger partial charge in [0.1, 0.15) is 0 Å². The number of amides is 1. The van der Waals surface area contributed by atoms with E-state index in [0.717, 1.165) is 42.9 Å². The minimum Gasteiger partial charge on any atom is -0.378 e. The van der Waals surface area contributed by atoms with Crippen molar-refractivity contribution in [2.24, 2.45) is 0 Å². The lowest BCUT2D eigenvalue weighted by Gasteiger charge is -2.29. The van der Waals surface area contributed by atoms with Crippen LogP contribution in [0.4, 0.5) is 0 Å². The summed E-state index contributed by atoms with van der Waals surface area (Å²) < 4.78 is 7.31. The molecule has 2 saturated heterocycles. The summed E-state index contributed by atoms with van der Waals surface area (Å²) in [6, 6.07) is 5.94. The number of aryl methyl sites for hydroxylation is 1. The summed E-state index contributed by atoms with van der Waals surface area (Å²) in [4.78, 5) is 15.1. The summed E-state index contributed by atoms with van der Waals surface area (Å²) >= 11 is 6.35. The highest BCUT2D eigenvalue weighted by molar-refractivity contribution is 6.31. The van der Waals surface area contributed by atoms with E-state index < -0.39 is 0 Å². The van der Waals surface area contributed by atoms with Gasteiger partial charge in [-0.3, -0.25) is 4.79 Å². The second kappa shape index (κ2) is 8.00. The monoisotopic (exact) mass is 388 g/mol. The Labute approximate surface area is 164 Å². The van der Waals surface area contributed by atoms with Crippen molar-refractivity contribution < 1.29 is 9.53 Å². The number of aromatic nitrogens is 2. The molecule has 0 spiro atoms. The van der Waals surface area contributed by atoms with Crippen LogP contribution >= 0.6 is 11.6 Å². The molecule has 4 rings (SSSR count). The van der Waals surface area contributed by atoms with Gasteiger partial charge in [0.15, 0.2) is 0 Å². The highest BCUT2D eigenvalue weighted by atomic mass is 35.5. The maximum absolute atomic E-state index is 13.2. The Bertz CT molecular complexity index is 823. The predicted octanol–water partition coefficient (Wildman–Crippen LogP) is 2.77. The standard InChI is InChI=1S/C20H25ClN4O2/c1-14-2-3-16(12-18(14)21)25-19(15-4-6-22-7-5-15)17(13-23-25)20(26)24-8-10-27-11-9-24/h2-3,12-13,15,22H,4-11H2,1H3. The van der Waals surface area contributed by atoms with Crippen LogP contribution in [0.5, 0.6) is 0 Å². The fraction of sp³-hybridized carbons (Fsp3) is 0.500. The molecule has 2 aromatic rings. The molecule has 6 nitrogen and oxygen atoms in total. The Morgan fingerprint density at radius 3 is 2.70 bits per heavy atom. The Kier molecular flexibility index (Phi) is 5.48. The van der Waals surface area contributed by atoms with Gasteiger partial charge in [0.25, 0.3) is 5.91 Å². The van der Waals surface area contributed by atoms with Crippen LogP contribution in [0.25, 0.3) is 5.69 Å². The molecule has 7 heteroatoms. The number of hydrogen-bond acceptors (Lipinski definition) is 4. The third-order valence-electron chi connectivity index (χ3n) is 5.46. The number of carbonyl (C=O) groups excluding carboxylic acids is 1. The second-order valence-corrected chi connectivity index (χ2v) is 7.62. The van der Waals surface area contributed by atoms with Crippen LogP contribution in [0, 0.1) is 6.92 Å². The summed E-state index contributed by atoms with van der Waals surface area (Å²) in [5, 5.41) is 8.72. The molecule has 1 amide bonds. The molecule has 2 fully saturated rings. The maximum atomic E-state index is 13.2. The smallest absolute Gasteiger partial charge is 0.257 e. The first-order chi connectivity index (χ1) is 13.1. The Balaban J connectivity index is 1.75. The number of rotatable bonds is 3. The molecule has 0 saturated carbocycles. The Morgan fingerprint density at radius 1 is 1.26 bits per heavy atom. The van der Waals surface area contributed by atoms with Gasteiger partial charge in [0, 0.05) is 24.0 Å². The van der Waals surface area contributed by atoms with Crippen molar-refractivity contribution in [3.63, 3.8) is 0 Å².